The largest absolute Gasteiger partial charge is 0.487 e. The molecule has 176 valence electrons. The van der Waals surface area contributed by atoms with Crippen LogP contribution in [0.25, 0.3) is 5.65 Å². The Morgan fingerprint density at radius 3 is 2.50 bits per heavy atom. The number of carbonyl (C=O) groups is 1. The molecule has 1 amide bonds. The number of nitrogens with zero attached hydrogens (tertiary/aromatic N) is 3. The van der Waals surface area contributed by atoms with Crippen LogP contribution in [0.2, 0.25) is 0 Å². The van der Waals surface area contributed by atoms with Gasteiger partial charge in [-0.3, -0.25) is 4.79 Å². The van der Waals surface area contributed by atoms with Gasteiger partial charge in [0, 0.05) is 38.6 Å². The van der Waals surface area contributed by atoms with Crippen LogP contribution in [0.5, 0.6) is 5.75 Å². The molecule has 0 aliphatic rings. The fraction of sp³-hybridized carbons (Fsp3) is 0.200. The lowest BCUT2D eigenvalue weighted by molar-refractivity contribution is 0.0950. The maximum atomic E-state index is 12.6. The van der Waals surface area contributed by atoms with E-state index in [0.717, 1.165) is 21.2 Å². The molecule has 2 heterocycles. The number of imidazole rings is 1. The number of nitrogens with one attached hydrogen (secondary N) is 1. The van der Waals surface area contributed by atoms with Crippen molar-refractivity contribution in [1.29, 1.82) is 0 Å². The number of ether oxygens (including phenoxy) is 1. The molecule has 0 saturated carbocycles. The average molecular weight is 479 g/mol. The Bertz CT molecular complexity index is 1430. The Morgan fingerprint density at radius 2 is 1.79 bits per heavy atom. The lowest BCUT2D eigenvalue weighted by Gasteiger charge is -2.15. The highest BCUT2D eigenvalue weighted by Crippen LogP contribution is 2.19. The highest BCUT2D eigenvalue weighted by Gasteiger charge is 2.21. The van der Waals surface area contributed by atoms with E-state index in [1.165, 1.54) is 20.2 Å². The zero-order valence-corrected chi connectivity index (χ0v) is 20.0. The second kappa shape index (κ2) is 9.66. The van der Waals surface area contributed by atoms with Gasteiger partial charge in [-0.05, 0) is 54.4 Å². The maximum absolute atomic E-state index is 12.6. The van der Waals surface area contributed by atoms with Crippen LogP contribution in [0.1, 0.15) is 27.2 Å². The number of hydrogen-bond acceptors (Lipinski definition) is 5. The maximum Gasteiger partial charge on any atom is 0.251 e. The summed E-state index contributed by atoms with van der Waals surface area (Å²) in [6, 6.07) is 17.4. The summed E-state index contributed by atoms with van der Waals surface area (Å²) in [6.07, 6.45) is 3.87. The summed E-state index contributed by atoms with van der Waals surface area (Å²) < 4.78 is 34.0. The number of hydrogen-bond donors (Lipinski definition) is 1. The van der Waals surface area contributed by atoms with Gasteiger partial charge < -0.3 is 14.5 Å². The summed E-state index contributed by atoms with van der Waals surface area (Å²) in [6.45, 7) is 2.41. The predicted octanol–water partition coefficient (Wildman–Crippen LogP) is 3.40. The summed E-state index contributed by atoms with van der Waals surface area (Å²) in [5.41, 5.74) is 3.76. The van der Waals surface area contributed by atoms with Crippen LogP contribution in [-0.2, 0) is 23.2 Å². The Morgan fingerprint density at radius 1 is 1.06 bits per heavy atom. The molecule has 1 N–H and O–H groups in total. The van der Waals surface area contributed by atoms with Gasteiger partial charge in [0.15, 0.2) is 0 Å². The molecule has 4 rings (SSSR count). The van der Waals surface area contributed by atoms with Crippen LogP contribution in [0.4, 0.5) is 0 Å². The van der Waals surface area contributed by atoms with E-state index in [2.05, 4.69) is 10.3 Å². The summed E-state index contributed by atoms with van der Waals surface area (Å²) in [5, 5.41) is 2.79. The van der Waals surface area contributed by atoms with Crippen LogP contribution in [-0.4, -0.2) is 42.1 Å². The third kappa shape index (κ3) is 4.95. The Hall–Kier alpha value is -3.69. The highest BCUT2D eigenvalue weighted by atomic mass is 32.2. The summed E-state index contributed by atoms with van der Waals surface area (Å²) in [4.78, 5) is 17.4. The quantitative estimate of drug-likeness (QED) is 0.419. The van der Waals surface area contributed by atoms with E-state index in [9.17, 15) is 13.2 Å². The van der Waals surface area contributed by atoms with Gasteiger partial charge in [-0.1, -0.05) is 24.3 Å². The van der Waals surface area contributed by atoms with E-state index in [0.29, 0.717) is 23.5 Å². The SMILES string of the molecule is Cc1cccn2cc(COc3ccc(C(=O)NCc4ccccc4S(=O)(=O)N(C)C)cc3)nc12. The van der Waals surface area contributed by atoms with Gasteiger partial charge in [0.1, 0.15) is 18.0 Å². The van der Waals surface area contributed by atoms with Crippen molar-refractivity contribution >= 4 is 21.6 Å². The minimum absolute atomic E-state index is 0.0909. The van der Waals surface area contributed by atoms with Crippen LogP contribution in [0.15, 0.2) is 78.0 Å². The fourth-order valence-electron chi connectivity index (χ4n) is 3.51. The van der Waals surface area contributed by atoms with E-state index in [1.807, 2.05) is 35.9 Å². The first kappa shape index (κ1) is 23.5. The molecule has 2 aromatic heterocycles. The van der Waals surface area contributed by atoms with E-state index in [-0.39, 0.29) is 17.3 Å². The van der Waals surface area contributed by atoms with Crippen LogP contribution in [0.3, 0.4) is 0 Å². The smallest absolute Gasteiger partial charge is 0.251 e. The molecule has 0 bridgehead atoms. The number of sulfonamides is 1. The molecule has 8 nitrogen and oxygen atoms in total. The van der Waals surface area contributed by atoms with Gasteiger partial charge in [-0.25, -0.2) is 17.7 Å². The molecule has 0 radical (unpaired) electrons. The fourth-order valence-corrected chi connectivity index (χ4v) is 4.63. The number of rotatable bonds is 8. The minimum Gasteiger partial charge on any atom is -0.487 e. The van der Waals surface area contributed by atoms with Gasteiger partial charge in [-0.2, -0.15) is 0 Å². The first-order valence-corrected chi connectivity index (χ1v) is 12.1. The summed E-state index contributed by atoms with van der Waals surface area (Å²) in [7, 11) is -0.654. The minimum atomic E-state index is -3.61. The van der Waals surface area contributed by atoms with Crippen molar-refractivity contribution in [2.24, 2.45) is 0 Å². The van der Waals surface area contributed by atoms with Gasteiger partial charge >= 0.3 is 0 Å². The van der Waals surface area contributed by atoms with Gasteiger partial charge in [-0.15, -0.1) is 0 Å². The van der Waals surface area contributed by atoms with E-state index < -0.39 is 10.0 Å². The van der Waals surface area contributed by atoms with Crippen molar-refractivity contribution in [3.8, 4) is 5.75 Å². The average Bonchev–Trinajstić information content (AvgIpc) is 3.26. The molecule has 0 saturated heterocycles. The molecule has 0 unspecified atom stereocenters. The Labute approximate surface area is 198 Å². The number of carbonyl (C=O) groups excluding carboxylic acids is 1. The monoisotopic (exact) mass is 478 g/mol. The lowest BCUT2D eigenvalue weighted by atomic mass is 10.2. The van der Waals surface area contributed by atoms with Crippen molar-refractivity contribution in [2.45, 2.75) is 25.0 Å². The number of fused-ring (bicyclic) bond motifs is 1. The summed E-state index contributed by atoms with van der Waals surface area (Å²) in [5.74, 6) is 0.312. The number of aryl methyl sites for hydroxylation is 1. The number of aromatic nitrogens is 2. The van der Waals surface area contributed by atoms with Crippen LogP contribution < -0.4 is 10.1 Å². The molecule has 9 heteroatoms. The number of pyridine rings is 1. The standard InChI is InChI=1S/C25H26N4O4S/c1-18-7-6-14-29-16-21(27-24(18)29)17-33-22-12-10-19(11-13-22)25(30)26-15-20-8-4-5-9-23(20)34(31,32)28(2)3/h4-14,16H,15,17H2,1-3H3,(H,26,30). The van der Waals surface area contributed by atoms with Gasteiger partial charge in [0.25, 0.3) is 5.91 Å². The zero-order valence-electron chi connectivity index (χ0n) is 19.2. The van der Waals surface area contributed by atoms with Crippen LogP contribution >= 0.6 is 0 Å². The Kier molecular flexibility index (Phi) is 6.67. The normalized spacial score (nSPS) is 11.6. The third-order valence-electron chi connectivity index (χ3n) is 5.40. The molecule has 4 aromatic rings. The van der Waals surface area contributed by atoms with E-state index in [1.54, 1.807) is 42.5 Å². The van der Waals surface area contributed by atoms with Crippen molar-refractivity contribution in [3.05, 3.63) is 95.4 Å². The highest BCUT2D eigenvalue weighted by molar-refractivity contribution is 7.89. The van der Waals surface area contributed by atoms with Crippen molar-refractivity contribution < 1.29 is 17.9 Å². The van der Waals surface area contributed by atoms with E-state index in [4.69, 9.17) is 4.74 Å². The zero-order chi connectivity index (χ0) is 24.3. The predicted molar refractivity (Wildman–Crippen MR) is 129 cm³/mol. The molecule has 0 atom stereocenters. The number of amides is 1. The second-order valence-corrected chi connectivity index (χ2v) is 10.2. The van der Waals surface area contributed by atoms with Gasteiger partial charge in [0.2, 0.25) is 10.0 Å². The summed E-state index contributed by atoms with van der Waals surface area (Å²) >= 11 is 0. The van der Waals surface area contributed by atoms with Crippen molar-refractivity contribution in [2.75, 3.05) is 14.1 Å². The first-order valence-electron chi connectivity index (χ1n) is 10.7. The molecule has 34 heavy (non-hydrogen) atoms. The molecule has 0 aliphatic heterocycles. The molecule has 0 aliphatic carbocycles. The third-order valence-corrected chi connectivity index (χ3v) is 7.32. The second-order valence-electron chi connectivity index (χ2n) is 8.05. The number of benzene rings is 2. The van der Waals surface area contributed by atoms with E-state index >= 15 is 0 Å². The topological polar surface area (TPSA) is 93.0 Å². The Balaban J connectivity index is 1.38. The lowest BCUT2D eigenvalue weighted by Crippen LogP contribution is -2.27. The molecule has 0 fully saturated rings. The van der Waals surface area contributed by atoms with Gasteiger partial charge in [0.05, 0.1) is 10.6 Å². The molecular weight excluding hydrogens is 452 g/mol. The van der Waals surface area contributed by atoms with Crippen molar-refractivity contribution in [3.63, 3.8) is 0 Å². The molecule has 0 spiro atoms. The van der Waals surface area contributed by atoms with Crippen LogP contribution in [0, 0.1) is 6.92 Å². The molecule has 2 aromatic carbocycles. The molecular formula is C25H26N4O4S. The first-order chi connectivity index (χ1) is 16.3. The van der Waals surface area contributed by atoms with Crippen molar-refractivity contribution in [1.82, 2.24) is 19.0 Å².